The van der Waals surface area contributed by atoms with Gasteiger partial charge in [-0.3, -0.25) is 9.59 Å². The van der Waals surface area contributed by atoms with E-state index in [1.807, 2.05) is 52.8 Å². The fourth-order valence-corrected chi connectivity index (χ4v) is 4.39. The molecule has 0 radical (unpaired) electrons. The Morgan fingerprint density at radius 1 is 1.06 bits per heavy atom. The normalized spacial score (nSPS) is 16.2. The summed E-state index contributed by atoms with van der Waals surface area (Å²) in [6.07, 6.45) is 3.32. The monoisotopic (exact) mass is 501 g/mol. The molecule has 1 aromatic carbocycles. The summed E-state index contributed by atoms with van der Waals surface area (Å²) >= 11 is 0. The lowest BCUT2D eigenvalue weighted by molar-refractivity contribution is -0.143. The predicted octanol–water partition coefficient (Wildman–Crippen LogP) is 5.58. The number of benzene rings is 1. The molecule has 3 unspecified atom stereocenters. The van der Waals surface area contributed by atoms with Crippen molar-refractivity contribution in [3.8, 4) is 0 Å². The number of alkyl carbamates (subject to hydrolysis) is 1. The summed E-state index contributed by atoms with van der Waals surface area (Å²) in [6.45, 7) is 17.5. The van der Waals surface area contributed by atoms with E-state index >= 15 is 0 Å². The van der Waals surface area contributed by atoms with Crippen LogP contribution in [0.3, 0.4) is 0 Å². The molecule has 7 nitrogen and oxygen atoms in total. The van der Waals surface area contributed by atoms with E-state index in [2.05, 4.69) is 17.6 Å². The summed E-state index contributed by atoms with van der Waals surface area (Å²) in [5, 5.41) is 5.95. The topological polar surface area (TPSA) is 87.7 Å². The van der Waals surface area contributed by atoms with E-state index in [4.69, 9.17) is 4.74 Å². The number of carbonyl (C=O) groups is 3. The number of amides is 3. The number of aryl methyl sites for hydroxylation is 2. The number of hydrogen-bond acceptors (Lipinski definition) is 4. The molecule has 7 heteroatoms. The van der Waals surface area contributed by atoms with Gasteiger partial charge in [-0.25, -0.2) is 4.79 Å². The molecule has 202 valence electrons. The van der Waals surface area contributed by atoms with E-state index in [0.717, 1.165) is 42.4 Å². The van der Waals surface area contributed by atoms with E-state index in [1.54, 1.807) is 25.7 Å². The van der Waals surface area contributed by atoms with Gasteiger partial charge in [-0.15, -0.1) is 0 Å². The van der Waals surface area contributed by atoms with Crippen molar-refractivity contribution in [2.24, 2.45) is 5.92 Å². The molecular weight excluding hydrogens is 454 g/mol. The van der Waals surface area contributed by atoms with Gasteiger partial charge in [0.25, 0.3) is 0 Å². The molecule has 0 heterocycles. The molecule has 1 aliphatic rings. The minimum Gasteiger partial charge on any atom is -0.444 e. The first-order valence-corrected chi connectivity index (χ1v) is 13.4. The Hall–Kier alpha value is -2.57. The van der Waals surface area contributed by atoms with Crippen molar-refractivity contribution in [2.75, 3.05) is 0 Å². The molecule has 0 spiro atoms. The third-order valence-corrected chi connectivity index (χ3v) is 6.37. The zero-order chi connectivity index (χ0) is 27.2. The summed E-state index contributed by atoms with van der Waals surface area (Å²) in [5.41, 5.74) is 2.31. The first-order valence-electron chi connectivity index (χ1n) is 13.4. The fourth-order valence-electron chi connectivity index (χ4n) is 4.39. The van der Waals surface area contributed by atoms with E-state index in [0.29, 0.717) is 6.42 Å². The van der Waals surface area contributed by atoms with Crippen molar-refractivity contribution in [3.05, 3.63) is 34.9 Å². The Labute approximate surface area is 217 Å². The molecule has 0 saturated heterocycles. The van der Waals surface area contributed by atoms with Crippen LogP contribution in [0.2, 0.25) is 0 Å². The Balaban J connectivity index is 2.47. The van der Waals surface area contributed by atoms with Crippen molar-refractivity contribution in [1.29, 1.82) is 0 Å². The highest BCUT2D eigenvalue weighted by Gasteiger charge is 2.44. The summed E-state index contributed by atoms with van der Waals surface area (Å²) in [5.74, 6) is -0.257. The zero-order valence-electron chi connectivity index (χ0n) is 23.7. The third-order valence-electron chi connectivity index (χ3n) is 6.37. The van der Waals surface area contributed by atoms with Crippen LogP contribution in [0.4, 0.5) is 4.79 Å². The average Bonchev–Trinajstić information content (AvgIpc) is 3.56. The quantitative estimate of drug-likeness (QED) is 0.414. The van der Waals surface area contributed by atoms with Crippen LogP contribution in [0.5, 0.6) is 0 Å². The second-order valence-electron chi connectivity index (χ2n) is 11.7. The maximum absolute atomic E-state index is 14.1. The zero-order valence-corrected chi connectivity index (χ0v) is 23.7. The van der Waals surface area contributed by atoms with Crippen molar-refractivity contribution >= 4 is 17.9 Å². The van der Waals surface area contributed by atoms with Gasteiger partial charge in [-0.05, 0) is 89.8 Å². The number of ether oxygens (including phenoxy) is 1. The molecule has 3 amide bonds. The van der Waals surface area contributed by atoms with E-state index in [9.17, 15) is 14.4 Å². The Morgan fingerprint density at radius 2 is 1.69 bits per heavy atom. The molecule has 3 atom stereocenters. The van der Waals surface area contributed by atoms with Crippen LogP contribution in [0.1, 0.15) is 103 Å². The second-order valence-corrected chi connectivity index (χ2v) is 11.7. The summed E-state index contributed by atoms with van der Waals surface area (Å²) in [7, 11) is 0. The van der Waals surface area contributed by atoms with Gasteiger partial charge in [0.05, 0.1) is 0 Å². The number of carbonyl (C=O) groups excluding carboxylic acids is 3. The predicted molar refractivity (Wildman–Crippen MR) is 144 cm³/mol. The lowest BCUT2D eigenvalue weighted by atomic mass is 9.96. The van der Waals surface area contributed by atoms with Gasteiger partial charge >= 0.3 is 6.09 Å². The van der Waals surface area contributed by atoms with Crippen molar-refractivity contribution in [1.82, 2.24) is 15.5 Å². The van der Waals surface area contributed by atoms with Gasteiger partial charge < -0.3 is 20.3 Å². The molecule has 1 aliphatic carbocycles. The summed E-state index contributed by atoms with van der Waals surface area (Å²) in [4.78, 5) is 42.2. The second kappa shape index (κ2) is 12.6. The lowest BCUT2D eigenvalue weighted by Gasteiger charge is -2.36. The van der Waals surface area contributed by atoms with Crippen molar-refractivity contribution < 1.29 is 19.1 Å². The third kappa shape index (κ3) is 8.82. The maximum Gasteiger partial charge on any atom is 0.408 e. The minimum absolute atomic E-state index is 0.000880. The molecule has 1 aromatic rings. The first kappa shape index (κ1) is 29.7. The minimum atomic E-state index is -0.782. The van der Waals surface area contributed by atoms with Crippen LogP contribution in [0.25, 0.3) is 0 Å². The van der Waals surface area contributed by atoms with Gasteiger partial charge in [0.15, 0.2) is 0 Å². The van der Waals surface area contributed by atoms with E-state index in [1.165, 1.54) is 0 Å². The summed E-state index contributed by atoms with van der Waals surface area (Å²) < 4.78 is 5.46. The molecule has 36 heavy (non-hydrogen) atoms. The number of nitrogens with zero attached hydrogens (tertiary/aromatic N) is 1. The highest BCUT2D eigenvalue weighted by atomic mass is 16.6. The molecular formula is C29H47N3O4. The van der Waals surface area contributed by atoms with Gasteiger partial charge in [0, 0.05) is 12.1 Å². The highest BCUT2D eigenvalue weighted by Crippen LogP contribution is 2.36. The SMILES string of the molecule is CCCC(C)NC(=O)C(c1ccc(C)c(C)c1)N(C(=O)C(CC(C)C)NC(=O)OC(C)(C)C)C1CC1. The molecule has 2 N–H and O–H groups in total. The van der Waals surface area contributed by atoms with Gasteiger partial charge in [-0.1, -0.05) is 45.4 Å². The van der Waals surface area contributed by atoms with Crippen LogP contribution < -0.4 is 10.6 Å². The largest absolute Gasteiger partial charge is 0.444 e. The number of rotatable bonds is 11. The Morgan fingerprint density at radius 3 is 2.19 bits per heavy atom. The van der Waals surface area contributed by atoms with Gasteiger partial charge in [0.1, 0.15) is 17.7 Å². The smallest absolute Gasteiger partial charge is 0.408 e. The molecule has 0 aromatic heterocycles. The van der Waals surface area contributed by atoms with Crippen LogP contribution in [-0.4, -0.2) is 46.5 Å². The Kier molecular flexibility index (Phi) is 10.4. The standard InChI is InChI=1S/C29H47N3O4/c1-10-11-21(6)30-26(33)25(22-13-12-19(4)20(5)17-22)32(23-14-15-23)27(34)24(16-18(2)3)31-28(35)36-29(7,8)9/h12-13,17-18,21,23-25H,10-11,14-16H2,1-9H3,(H,30,33)(H,31,35). The fraction of sp³-hybridized carbons (Fsp3) is 0.690. The number of hydrogen-bond donors (Lipinski definition) is 2. The lowest BCUT2D eigenvalue weighted by Crippen LogP contribution is -2.54. The molecule has 1 saturated carbocycles. The van der Waals surface area contributed by atoms with E-state index < -0.39 is 23.8 Å². The Bertz CT molecular complexity index is 918. The average molecular weight is 502 g/mol. The van der Waals surface area contributed by atoms with Crippen LogP contribution in [0, 0.1) is 19.8 Å². The summed E-state index contributed by atoms with van der Waals surface area (Å²) in [6, 6.07) is 4.37. The molecule has 2 rings (SSSR count). The molecule has 1 fully saturated rings. The van der Waals surface area contributed by atoms with Crippen molar-refractivity contribution in [2.45, 2.75) is 124 Å². The van der Waals surface area contributed by atoms with Crippen molar-refractivity contribution in [3.63, 3.8) is 0 Å². The number of nitrogens with one attached hydrogen (secondary N) is 2. The van der Waals surface area contributed by atoms with Gasteiger partial charge in [0.2, 0.25) is 11.8 Å². The highest BCUT2D eigenvalue weighted by molar-refractivity contribution is 5.92. The molecule has 0 aliphatic heterocycles. The van der Waals surface area contributed by atoms with E-state index in [-0.39, 0.29) is 29.8 Å². The maximum atomic E-state index is 14.1. The molecule has 0 bridgehead atoms. The van der Waals surface area contributed by atoms with Gasteiger partial charge in [-0.2, -0.15) is 0 Å². The van der Waals surface area contributed by atoms with Crippen LogP contribution in [0.15, 0.2) is 18.2 Å². The first-order chi connectivity index (χ1) is 16.7. The van der Waals surface area contributed by atoms with Crippen LogP contribution in [-0.2, 0) is 14.3 Å². The van der Waals surface area contributed by atoms with Crippen LogP contribution >= 0.6 is 0 Å².